The minimum atomic E-state index is -0.285. The Kier molecular flexibility index (Phi) is 15.7. The maximum absolute atomic E-state index is 13.3. The summed E-state index contributed by atoms with van der Waals surface area (Å²) in [4.78, 5) is 30.0. The number of carbonyl (C=O) groups excluding carboxylic acids is 2. The van der Waals surface area contributed by atoms with Crippen molar-refractivity contribution in [1.82, 2.24) is 0 Å². The standard InChI is InChI=1S/C37H55N3O7/c1-4-25(18-19-41)28(22-42)20-30(44)16-14-26-21-34(47-31-9-5-6-10-31)36(45)35-32(26)11-7-8-29(40-37(38)39)15-13-27(23-46-3)33(35)17-12-24(2)43/h20-21,25,27,29,31,33,41-42,45H,4-6,8-10,12-19,22-23H2,1-3H3,(H4,38,39,40)/t25-,27?,29+,33+/m0/s1. The zero-order chi connectivity index (χ0) is 34.3. The fourth-order valence-electron chi connectivity index (χ4n) is 7.02. The number of fused-ring (bicyclic) bond motifs is 1. The summed E-state index contributed by atoms with van der Waals surface area (Å²) in [5.41, 5.74) is 14.2. The Morgan fingerprint density at radius 2 is 1.89 bits per heavy atom. The normalized spacial score (nSPS) is 20.9. The SMILES string of the molecule is CC[C@@H](CCO)C(=CC(=O)CCc1cc(OC2CCCC2)c(O)c2c1C#CC[C@@H](N=C(N)N)CCC(COC)[C@H]2CCC(C)=O)CO. The van der Waals surface area contributed by atoms with E-state index < -0.39 is 0 Å². The summed E-state index contributed by atoms with van der Waals surface area (Å²) in [5.74, 6) is 6.45. The van der Waals surface area contributed by atoms with Crippen LogP contribution in [-0.4, -0.2) is 71.9 Å². The third-order valence-electron chi connectivity index (χ3n) is 9.53. The molecule has 1 fully saturated rings. The Bertz CT molecular complexity index is 1320. The number of rotatable bonds is 17. The van der Waals surface area contributed by atoms with Crippen LogP contribution >= 0.6 is 0 Å². The molecule has 47 heavy (non-hydrogen) atoms. The molecule has 0 saturated heterocycles. The molecule has 2 aliphatic carbocycles. The highest BCUT2D eigenvalue weighted by molar-refractivity contribution is 5.90. The molecule has 10 heteroatoms. The first-order valence-electron chi connectivity index (χ1n) is 17.2. The molecule has 2 aliphatic rings. The maximum atomic E-state index is 13.3. The summed E-state index contributed by atoms with van der Waals surface area (Å²) >= 11 is 0. The van der Waals surface area contributed by atoms with E-state index in [1.54, 1.807) is 14.0 Å². The second-order valence-corrected chi connectivity index (χ2v) is 13.0. The number of aromatic hydroxyl groups is 1. The predicted molar refractivity (Wildman–Crippen MR) is 183 cm³/mol. The van der Waals surface area contributed by atoms with Crippen molar-refractivity contribution >= 4 is 17.5 Å². The van der Waals surface area contributed by atoms with Gasteiger partial charge in [0, 0.05) is 50.7 Å². The van der Waals surface area contributed by atoms with Gasteiger partial charge in [0.05, 0.1) is 18.8 Å². The molecule has 0 spiro atoms. The van der Waals surface area contributed by atoms with E-state index in [2.05, 4.69) is 16.8 Å². The average molecular weight is 654 g/mol. The van der Waals surface area contributed by atoms with Crippen LogP contribution in [0.4, 0.5) is 0 Å². The van der Waals surface area contributed by atoms with Crippen LogP contribution in [0.2, 0.25) is 0 Å². The number of methoxy groups -OCH3 is 1. The lowest BCUT2D eigenvalue weighted by atomic mass is 9.75. The van der Waals surface area contributed by atoms with Gasteiger partial charge in [-0.25, -0.2) is 4.99 Å². The summed E-state index contributed by atoms with van der Waals surface area (Å²) < 4.78 is 12.1. The first-order chi connectivity index (χ1) is 22.6. The lowest BCUT2D eigenvalue weighted by Crippen LogP contribution is -2.27. The molecular weight excluding hydrogens is 598 g/mol. The first-order valence-corrected chi connectivity index (χ1v) is 17.2. The van der Waals surface area contributed by atoms with Crippen molar-refractivity contribution in [1.29, 1.82) is 0 Å². The number of ether oxygens (including phenoxy) is 2. The number of ketones is 2. The number of Topliss-reactive ketones (excluding diaryl/α,β-unsaturated/α-hetero) is 1. The van der Waals surface area contributed by atoms with E-state index >= 15 is 0 Å². The van der Waals surface area contributed by atoms with Gasteiger partial charge in [-0.05, 0) is 112 Å². The number of phenols is 1. The molecule has 1 aromatic rings. The number of aryl methyl sites for hydroxylation is 1. The number of nitrogens with zero attached hydrogens (tertiary/aromatic N) is 1. The van der Waals surface area contributed by atoms with Crippen LogP contribution in [0.5, 0.6) is 11.5 Å². The molecule has 0 heterocycles. The Balaban J connectivity index is 2.18. The zero-order valence-corrected chi connectivity index (χ0v) is 28.4. The number of nitrogens with two attached hydrogens (primary N) is 2. The van der Waals surface area contributed by atoms with Crippen molar-refractivity contribution in [2.75, 3.05) is 26.9 Å². The van der Waals surface area contributed by atoms with Crippen LogP contribution in [0.15, 0.2) is 22.7 Å². The summed E-state index contributed by atoms with van der Waals surface area (Å²) in [6.45, 7) is 3.65. The Morgan fingerprint density at radius 1 is 1.15 bits per heavy atom. The van der Waals surface area contributed by atoms with E-state index in [-0.39, 0.29) is 72.8 Å². The molecule has 0 aliphatic heterocycles. The number of benzene rings is 1. The van der Waals surface area contributed by atoms with E-state index in [1.807, 2.05) is 13.0 Å². The smallest absolute Gasteiger partial charge is 0.186 e. The van der Waals surface area contributed by atoms with Crippen molar-refractivity contribution in [3.05, 3.63) is 34.4 Å². The monoisotopic (exact) mass is 653 g/mol. The molecule has 0 aromatic heterocycles. The molecule has 1 aromatic carbocycles. The van der Waals surface area contributed by atoms with Crippen LogP contribution in [0, 0.1) is 23.7 Å². The second-order valence-electron chi connectivity index (χ2n) is 13.0. The van der Waals surface area contributed by atoms with Crippen molar-refractivity contribution in [2.45, 2.75) is 115 Å². The topological polar surface area (TPSA) is 178 Å². The quantitative estimate of drug-likeness (QED) is 0.0704. The first kappa shape index (κ1) is 38.1. The van der Waals surface area contributed by atoms with Gasteiger partial charge in [-0.15, -0.1) is 0 Å². The summed E-state index contributed by atoms with van der Waals surface area (Å²) in [7, 11) is 1.64. The molecule has 0 radical (unpaired) electrons. The summed E-state index contributed by atoms with van der Waals surface area (Å²) in [6.07, 6.45) is 9.61. The number of phenolic OH excluding ortho intramolecular Hbond substituents is 1. The number of hydrogen-bond donors (Lipinski definition) is 5. The highest BCUT2D eigenvalue weighted by atomic mass is 16.5. The number of allylic oxidation sites excluding steroid dienone is 1. The average Bonchev–Trinajstić information content (AvgIpc) is 3.55. The number of aliphatic hydroxyl groups excluding tert-OH is 2. The second kappa shape index (κ2) is 19.4. The zero-order valence-electron chi connectivity index (χ0n) is 28.4. The third kappa shape index (κ3) is 11.4. The largest absolute Gasteiger partial charge is 0.504 e. The molecule has 10 nitrogen and oxygen atoms in total. The van der Waals surface area contributed by atoms with Crippen LogP contribution in [0.1, 0.15) is 114 Å². The Labute approximate surface area is 280 Å². The molecule has 3 rings (SSSR count). The lowest BCUT2D eigenvalue weighted by Gasteiger charge is -2.31. The molecule has 1 unspecified atom stereocenters. The Morgan fingerprint density at radius 3 is 2.51 bits per heavy atom. The van der Waals surface area contributed by atoms with Gasteiger partial charge in [-0.3, -0.25) is 4.79 Å². The van der Waals surface area contributed by atoms with E-state index in [0.29, 0.717) is 80.4 Å². The van der Waals surface area contributed by atoms with Gasteiger partial charge >= 0.3 is 0 Å². The van der Waals surface area contributed by atoms with E-state index in [4.69, 9.17) is 20.9 Å². The molecule has 1 saturated carbocycles. The Hall–Kier alpha value is -3.39. The molecular formula is C37H55N3O7. The number of aliphatic imine (C=N–C) groups is 1. The number of aliphatic hydroxyl groups is 2. The minimum Gasteiger partial charge on any atom is -0.504 e. The fraction of sp³-hybridized carbons (Fsp3) is 0.649. The van der Waals surface area contributed by atoms with Gasteiger partial charge in [-0.2, -0.15) is 0 Å². The third-order valence-corrected chi connectivity index (χ3v) is 9.53. The van der Waals surface area contributed by atoms with Crippen molar-refractivity contribution < 1.29 is 34.4 Å². The number of guanidine groups is 1. The lowest BCUT2D eigenvalue weighted by molar-refractivity contribution is -0.117. The van der Waals surface area contributed by atoms with Crippen molar-refractivity contribution in [2.24, 2.45) is 28.3 Å². The molecule has 0 bridgehead atoms. The fourth-order valence-corrected chi connectivity index (χ4v) is 7.02. The maximum Gasteiger partial charge on any atom is 0.186 e. The van der Waals surface area contributed by atoms with Gasteiger partial charge in [0.2, 0.25) is 0 Å². The van der Waals surface area contributed by atoms with E-state index in [1.165, 1.54) is 6.08 Å². The van der Waals surface area contributed by atoms with Gasteiger partial charge in [0.15, 0.2) is 23.2 Å². The van der Waals surface area contributed by atoms with Crippen molar-refractivity contribution in [3.63, 3.8) is 0 Å². The predicted octanol–water partition coefficient (Wildman–Crippen LogP) is 4.44. The highest BCUT2D eigenvalue weighted by Crippen LogP contribution is 2.46. The van der Waals surface area contributed by atoms with Crippen LogP contribution in [0.3, 0.4) is 0 Å². The van der Waals surface area contributed by atoms with E-state index in [0.717, 1.165) is 31.2 Å². The molecule has 7 N–H and O–H groups in total. The van der Waals surface area contributed by atoms with Gasteiger partial charge in [0.25, 0.3) is 0 Å². The number of hydrogen-bond acceptors (Lipinski definition) is 8. The van der Waals surface area contributed by atoms with Crippen LogP contribution < -0.4 is 16.2 Å². The number of carbonyl (C=O) groups is 2. The molecule has 0 amide bonds. The minimum absolute atomic E-state index is 0.00386. The van der Waals surface area contributed by atoms with Gasteiger partial charge in [0.1, 0.15) is 5.78 Å². The molecule has 260 valence electrons. The van der Waals surface area contributed by atoms with E-state index in [9.17, 15) is 24.9 Å². The van der Waals surface area contributed by atoms with Crippen LogP contribution in [0.25, 0.3) is 0 Å². The summed E-state index contributed by atoms with van der Waals surface area (Å²) in [5, 5.41) is 31.4. The van der Waals surface area contributed by atoms with Crippen molar-refractivity contribution in [3.8, 4) is 23.3 Å². The highest BCUT2D eigenvalue weighted by Gasteiger charge is 2.33. The van der Waals surface area contributed by atoms with Crippen LogP contribution in [-0.2, 0) is 20.7 Å². The van der Waals surface area contributed by atoms with Gasteiger partial charge < -0.3 is 41.1 Å². The summed E-state index contributed by atoms with van der Waals surface area (Å²) in [6, 6.07) is 1.59. The molecule has 4 atom stereocenters. The van der Waals surface area contributed by atoms with Gasteiger partial charge in [-0.1, -0.05) is 18.8 Å².